The van der Waals surface area contributed by atoms with Crippen LogP contribution in [-0.2, 0) is 11.2 Å². The number of nitrogens with one attached hydrogen (secondary N) is 3. The molecule has 4 rings (SSSR count). The van der Waals surface area contributed by atoms with E-state index in [0.717, 1.165) is 16.5 Å². The summed E-state index contributed by atoms with van der Waals surface area (Å²) in [6, 6.07) is 18.6. The maximum Gasteiger partial charge on any atom is 0.262 e. The van der Waals surface area contributed by atoms with Crippen molar-refractivity contribution < 1.29 is 9.59 Å². The molecule has 0 unspecified atom stereocenters. The molecule has 0 radical (unpaired) electrons. The van der Waals surface area contributed by atoms with Crippen molar-refractivity contribution >= 4 is 39.7 Å². The minimum Gasteiger partial charge on any atom is -0.361 e. The summed E-state index contributed by atoms with van der Waals surface area (Å²) in [6.07, 6.45) is 2.29. The fourth-order valence-corrected chi connectivity index (χ4v) is 4.17. The molecule has 2 aromatic carbocycles. The lowest BCUT2D eigenvalue weighted by atomic mass is 10.0. The van der Waals surface area contributed by atoms with Crippen molar-refractivity contribution in [2.75, 3.05) is 5.32 Å². The minimum atomic E-state index is -0.710. The molecule has 1 atom stereocenters. The lowest BCUT2D eigenvalue weighted by Crippen LogP contribution is -2.45. The Bertz CT molecular complexity index is 1180. The van der Waals surface area contributed by atoms with Gasteiger partial charge in [-0.15, -0.1) is 11.3 Å². The highest BCUT2D eigenvalue weighted by Gasteiger charge is 2.24. The van der Waals surface area contributed by atoms with Gasteiger partial charge < -0.3 is 15.6 Å². The summed E-state index contributed by atoms with van der Waals surface area (Å²) in [5.74, 6) is -0.0675. The molecule has 158 valence electrons. The maximum absolute atomic E-state index is 13.2. The third-order valence-corrected chi connectivity index (χ3v) is 6.18. The molecule has 0 bridgehead atoms. The van der Waals surface area contributed by atoms with Gasteiger partial charge in [0.15, 0.2) is 0 Å². The molecule has 0 saturated carbocycles. The van der Waals surface area contributed by atoms with E-state index in [4.69, 9.17) is 0 Å². The minimum absolute atomic E-state index is 0.243. The summed E-state index contributed by atoms with van der Waals surface area (Å²) < 4.78 is 0. The predicted molar refractivity (Wildman–Crippen MR) is 127 cm³/mol. The SMILES string of the molecule is CC(C)c1ccc(NC(=O)[C@H](Cc2c[nH]c3ccccc23)NC(=O)c2cccs2)cc1. The summed E-state index contributed by atoms with van der Waals surface area (Å²) in [7, 11) is 0. The lowest BCUT2D eigenvalue weighted by molar-refractivity contribution is -0.118. The molecule has 3 N–H and O–H groups in total. The first-order valence-electron chi connectivity index (χ1n) is 10.3. The Hall–Kier alpha value is -3.38. The number of fused-ring (bicyclic) bond motifs is 1. The Morgan fingerprint density at radius 2 is 1.77 bits per heavy atom. The lowest BCUT2D eigenvalue weighted by Gasteiger charge is -2.18. The molecule has 2 aromatic heterocycles. The van der Waals surface area contributed by atoms with Crippen molar-refractivity contribution in [1.82, 2.24) is 10.3 Å². The van der Waals surface area contributed by atoms with Crippen molar-refractivity contribution in [1.29, 1.82) is 0 Å². The number of para-hydroxylation sites is 1. The number of carbonyl (C=O) groups excluding carboxylic acids is 2. The van der Waals surface area contributed by atoms with Gasteiger partial charge in [0.2, 0.25) is 5.91 Å². The molecule has 2 heterocycles. The van der Waals surface area contributed by atoms with Crippen LogP contribution in [0, 0.1) is 0 Å². The van der Waals surface area contributed by atoms with Gasteiger partial charge in [0, 0.05) is 29.2 Å². The van der Waals surface area contributed by atoms with E-state index < -0.39 is 6.04 Å². The largest absolute Gasteiger partial charge is 0.361 e. The van der Waals surface area contributed by atoms with Crippen LogP contribution < -0.4 is 10.6 Å². The van der Waals surface area contributed by atoms with Crippen LogP contribution in [0.25, 0.3) is 10.9 Å². The fourth-order valence-electron chi connectivity index (χ4n) is 3.55. The molecule has 31 heavy (non-hydrogen) atoms. The summed E-state index contributed by atoms with van der Waals surface area (Å²) in [6.45, 7) is 4.26. The van der Waals surface area contributed by atoms with Gasteiger partial charge in [0.1, 0.15) is 6.04 Å². The van der Waals surface area contributed by atoms with E-state index in [1.54, 1.807) is 6.07 Å². The molecule has 0 fully saturated rings. The van der Waals surface area contributed by atoms with Crippen LogP contribution in [0.5, 0.6) is 0 Å². The summed E-state index contributed by atoms with van der Waals surface area (Å²) in [5, 5.41) is 8.77. The number of aromatic amines is 1. The van der Waals surface area contributed by atoms with E-state index in [-0.39, 0.29) is 11.8 Å². The van der Waals surface area contributed by atoms with Crippen LogP contribution in [0.1, 0.15) is 40.6 Å². The molecule has 6 heteroatoms. The third kappa shape index (κ3) is 4.86. The van der Waals surface area contributed by atoms with E-state index >= 15 is 0 Å². The van der Waals surface area contributed by atoms with Gasteiger partial charge in [-0.1, -0.05) is 50.2 Å². The van der Waals surface area contributed by atoms with E-state index in [9.17, 15) is 9.59 Å². The second kappa shape index (κ2) is 9.18. The number of hydrogen-bond donors (Lipinski definition) is 3. The van der Waals surface area contributed by atoms with Gasteiger partial charge >= 0.3 is 0 Å². The molecule has 0 saturated heterocycles. The molecular formula is C25H25N3O2S. The number of aromatic nitrogens is 1. The smallest absolute Gasteiger partial charge is 0.262 e. The van der Waals surface area contributed by atoms with Crippen molar-refractivity contribution in [3.05, 3.63) is 88.2 Å². The molecule has 2 amide bonds. The molecule has 0 aliphatic rings. The first-order valence-corrected chi connectivity index (χ1v) is 11.2. The Labute approximate surface area is 185 Å². The molecule has 5 nitrogen and oxygen atoms in total. The van der Waals surface area contributed by atoms with Crippen LogP contribution in [0.2, 0.25) is 0 Å². The summed E-state index contributed by atoms with van der Waals surface area (Å²) in [5.41, 5.74) is 3.91. The molecular weight excluding hydrogens is 406 g/mol. The Morgan fingerprint density at radius 1 is 1.00 bits per heavy atom. The van der Waals surface area contributed by atoms with Crippen molar-refractivity contribution in [3.63, 3.8) is 0 Å². The van der Waals surface area contributed by atoms with Crippen LogP contribution in [0.3, 0.4) is 0 Å². The average Bonchev–Trinajstić information content (AvgIpc) is 3.44. The molecule has 0 spiro atoms. The number of hydrogen-bond acceptors (Lipinski definition) is 3. The third-order valence-electron chi connectivity index (χ3n) is 5.31. The molecule has 0 aliphatic carbocycles. The van der Waals surface area contributed by atoms with Crippen molar-refractivity contribution in [2.45, 2.75) is 32.2 Å². The zero-order valence-electron chi connectivity index (χ0n) is 17.5. The number of benzene rings is 2. The zero-order chi connectivity index (χ0) is 21.8. The van der Waals surface area contributed by atoms with Gasteiger partial charge in [0.05, 0.1) is 4.88 Å². The van der Waals surface area contributed by atoms with Crippen molar-refractivity contribution in [2.24, 2.45) is 0 Å². The molecule has 0 aliphatic heterocycles. The van der Waals surface area contributed by atoms with Crippen LogP contribution >= 0.6 is 11.3 Å². The number of amides is 2. The molecule has 4 aromatic rings. The van der Waals surface area contributed by atoms with Crippen LogP contribution in [-0.4, -0.2) is 22.8 Å². The van der Waals surface area contributed by atoms with Gasteiger partial charge in [0.25, 0.3) is 5.91 Å². The first kappa shape index (κ1) is 20.9. The second-order valence-corrected chi connectivity index (χ2v) is 8.78. The normalized spacial score (nSPS) is 12.1. The second-order valence-electron chi connectivity index (χ2n) is 7.83. The highest BCUT2D eigenvalue weighted by Crippen LogP contribution is 2.21. The average molecular weight is 432 g/mol. The number of carbonyl (C=O) groups is 2. The predicted octanol–water partition coefficient (Wildman–Crippen LogP) is 5.33. The Balaban J connectivity index is 1.56. The topological polar surface area (TPSA) is 74.0 Å². The number of thiophene rings is 1. The highest BCUT2D eigenvalue weighted by atomic mass is 32.1. The summed E-state index contributed by atoms with van der Waals surface area (Å²) >= 11 is 1.35. The van der Waals surface area contributed by atoms with Gasteiger partial charge in [-0.2, -0.15) is 0 Å². The number of H-pyrrole nitrogens is 1. The fraction of sp³-hybridized carbons (Fsp3) is 0.200. The Kier molecular flexibility index (Phi) is 6.18. The summed E-state index contributed by atoms with van der Waals surface area (Å²) in [4.78, 5) is 29.7. The van der Waals surface area contributed by atoms with Gasteiger partial charge in [-0.05, 0) is 46.7 Å². The number of anilines is 1. The van der Waals surface area contributed by atoms with Crippen molar-refractivity contribution in [3.8, 4) is 0 Å². The van der Waals surface area contributed by atoms with E-state index in [1.165, 1.54) is 16.9 Å². The van der Waals surface area contributed by atoms with Gasteiger partial charge in [-0.25, -0.2) is 0 Å². The number of rotatable bonds is 7. The first-order chi connectivity index (χ1) is 15.0. The van der Waals surface area contributed by atoms with E-state index in [2.05, 4.69) is 29.5 Å². The monoisotopic (exact) mass is 431 g/mol. The highest BCUT2D eigenvalue weighted by molar-refractivity contribution is 7.12. The van der Waals surface area contributed by atoms with Gasteiger partial charge in [-0.3, -0.25) is 9.59 Å². The van der Waals surface area contributed by atoms with Crippen LogP contribution in [0.4, 0.5) is 5.69 Å². The van der Waals surface area contributed by atoms with E-state index in [1.807, 2.05) is 66.2 Å². The van der Waals surface area contributed by atoms with E-state index in [0.29, 0.717) is 22.9 Å². The van der Waals surface area contributed by atoms with Crippen LogP contribution in [0.15, 0.2) is 72.2 Å². The standard InChI is InChI=1S/C25H25N3O2S/c1-16(2)17-9-11-19(12-10-17)27-24(29)22(28-25(30)23-8-5-13-31-23)14-18-15-26-21-7-4-3-6-20(18)21/h3-13,15-16,22,26H,14H2,1-2H3,(H,27,29)(H,28,30)/t22-/m0/s1. The zero-order valence-corrected chi connectivity index (χ0v) is 18.3. The Morgan fingerprint density at radius 3 is 2.48 bits per heavy atom. The quantitative estimate of drug-likeness (QED) is 0.370. The maximum atomic E-state index is 13.2.